The van der Waals surface area contributed by atoms with Gasteiger partial charge >= 0.3 is 12.1 Å². The van der Waals surface area contributed by atoms with E-state index in [-0.39, 0.29) is 0 Å². The fourth-order valence-electron chi connectivity index (χ4n) is 1.39. The molecule has 106 valence electrons. The summed E-state index contributed by atoms with van der Waals surface area (Å²) in [7, 11) is 1.04. The quantitative estimate of drug-likeness (QED) is 0.474. The van der Waals surface area contributed by atoms with Crippen LogP contribution in [-0.2, 0) is 10.9 Å². The van der Waals surface area contributed by atoms with Gasteiger partial charge < -0.3 is 4.74 Å². The number of carbonyl (C=O) groups is 1. The summed E-state index contributed by atoms with van der Waals surface area (Å²) >= 11 is 0.740. The number of carbonyl (C=O) groups excluding carboxylic acids is 1. The number of ether oxygens (including phenoxy) is 1. The molecule has 0 saturated carbocycles. The second kappa shape index (κ2) is 6.27. The van der Waals surface area contributed by atoms with Crippen LogP contribution in [0.3, 0.4) is 0 Å². The maximum Gasteiger partial charge on any atom is 0.417 e. The molecule has 0 atom stereocenters. The monoisotopic (exact) mass is 296 g/mol. The van der Waals surface area contributed by atoms with Gasteiger partial charge in [0.25, 0.3) is 0 Å². The molecule has 0 fully saturated rings. The molecule has 19 heavy (non-hydrogen) atoms. The van der Waals surface area contributed by atoms with Crippen LogP contribution >= 0.6 is 11.8 Å². The Kier molecular flexibility index (Phi) is 5.22. The number of alkyl halides is 3. The summed E-state index contributed by atoms with van der Waals surface area (Å²) in [5.41, 5.74) is -1.56. The van der Waals surface area contributed by atoms with Gasteiger partial charge in [-0.2, -0.15) is 13.2 Å². The highest BCUT2D eigenvalue weighted by Gasteiger charge is 2.36. The highest BCUT2D eigenvalue weighted by Crippen LogP contribution is 2.39. The zero-order valence-electron chi connectivity index (χ0n) is 10.3. The number of methoxy groups -OCH3 is 1. The van der Waals surface area contributed by atoms with Crippen molar-refractivity contribution in [3.05, 3.63) is 29.1 Å². The standard InChI is InChI=1S/C12H12F4O2S/c1-3-6-19-10-8(12(14,15)16)5-4-7(9(10)13)11(17)18-2/h4-5H,3,6H2,1-2H3. The molecule has 2 nitrogen and oxygen atoms in total. The Morgan fingerprint density at radius 3 is 2.47 bits per heavy atom. The van der Waals surface area contributed by atoms with Crippen molar-refractivity contribution in [2.45, 2.75) is 24.4 Å². The Balaban J connectivity index is 3.36. The molecule has 1 aromatic carbocycles. The third kappa shape index (κ3) is 3.62. The minimum absolute atomic E-state index is 0.324. The topological polar surface area (TPSA) is 26.3 Å². The Hall–Kier alpha value is -1.24. The lowest BCUT2D eigenvalue weighted by Gasteiger charge is -2.14. The summed E-state index contributed by atoms with van der Waals surface area (Å²) < 4.78 is 56.7. The number of thioether (sulfide) groups is 1. The Labute approximate surface area is 112 Å². The zero-order valence-corrected chi connectivity index (χ0v) is 11.1. The molecule has 0 amide bonds. The summed E-state index contributed by atoms with van der Waals surface area (Å²) in [6.45, 7) is 1.77. The minimum Gasteiger partial charge on any atom is -0.465 e. The lowest BCUT2D eigenvalue weighted by atomic mass is 10.1. The van der Waals surface area contributed by atoms with Crippen molar-refractivity contribution in [2.24, 2.45) is 0 Å². The van der Waals surface area contributed by atoms with Crippen molar-refractivity contribution in [2.75, 3.05) is 12.9 Å². The van der Waals surface area contributed by atoms with Crippen molar-refractivity contribution < 1.29 is 27.1 Å². The summed E-state index contributed by atoms with van der Waals surface area (Å²) in [6.07, 6.45) is -4.07. The molecule has 1 aromatic rings. The molecule has 0 saturated heterocycles. The van der Waals surface area contributed by atoms with Crippen molar-refractivity contribution >= 4 is 17.7 Å². The number of hydrogen-bond donors (Lipinski definition) is 0. The van der Waals surface area contributed by atoms with E-state index in [1.54, 1.807) is 6.92 Å². The first-order valence-corrected chi connectivity index (χ1v) is 6.42. The van der Waals surface area contributed by atoms with Crippen LogP contribution in [0, 0.1) is 5.82 Å². The van der Waals surface area contributed by atoms with Gasteiger partial charge in [0.15, 0.2) is 5.82 Å². The smallest absolute Gasteiger partial charge is 0.417 e. The first kappa shape index (κ1) is 15.8. The van der Waals surface area contributed by atoms with E-state index < -0.39 is 34.0 Å². The minimum atomic E-state index is -4.66. The van der Waals surface area contributed by atoms with Crippen LogP contribution in [0.25, 0.3) is 0 Å². The predicted molar refractivity (Wildman–Crippen MR) is 63.8 cm³/mol. The summed E-state index contributed by atoms with van der Waals surface area (Å²) in [5.74, 6) is -1.85. The molecule has 0 heterocycles. The van der Waals surface area contributed by atoms with Crippen molar-refractivity contribution in [3.8, 4) is 0 Å². The molecule has 0 aromatic heterocycles. The molecule has 0 spiro atoms. The normalized spacial score (nSPS) is 11.5. The van der Waals surface area contributed by atoms with Crippen LogP contribution in [0.5, 0.6) is 0 Å². The second-order valence-corrected chi connectivity index (χ2v) is 4.75. The number of rotatable bonds is 4. The predicted octanol–water partition coefficient (Wildman–Crippen LogP) is 4.13. The summed E-state index contributed by atoms with van der Waals surface area (Å²) in [6, 6.07) is 1.49. The SMILES string of the molecule is CCCSc1c(C(F)(F)F)ccc(C(=O)OC)c1F. The van der Waals surface area contributed by atoms with E-state index in [1.165, 1.54) is 0 Å². The van der Waals surface area contributed by atoms with Gasteiger partial charge in [-0.15, -0.1) is 11.8 Å². The van der Waals surface area contributed by atoms with E-state index in [0.29, 0.717) is 18.2 Å². The average molecular weight is 296 g/mol. The lowest BCUT2D eigenvalue weighted by molar-refractivity contribution is -0.140. The molecule has 0 aliphatic rings. The maximum absolute atomic E-state index is 14.0. The Bertz CT molecular complexity index is 472. The van der Waals surface area contributed by atoms with Crippen molar-refractivity contribution in [1.82, 2.24) is 0 Å². The Morgan fingerprint density at radius 1 is 1.37 bits per heavy atom. The molecule has 0 radical (unpaired) electrons. The first-order chi connectivity index (χ1) is 8.82. The van der Waals surface area contributed by atoms with Gasteiger partial charge in [-0.25, -0.2) is 9.18 Å². The fraction of sp³-hybridized carbons (Fsp3) is 0.417. The van der Waals surface area contributed by atoms with E-state index >= 15 is 0 Å². The van der Waals surface area contributed by atoms with Gasteiger partial charge in [0.2, 0.25) is 0 Å². The second-order valence-electron chi connectivity index (χ2n) is 3.64. The number of hydrogen-bond acceptors (Lipinski definition) is 3. The molecule has 0 N–H and O–H groups in total. The largest absolute Gasteiger partial charge is 0.465 e. The highest BCUT2D eigenvalue weighted by atomic mass is 32.2. The fourth-order valence-corrected chi connectivity index (χ4v) is 2.38. The number of halogens is 4. The van der Waals surface area contributed by atoms with E-state index in [9.17, 15) is 22.4 Å². The zero-order chi connectivity index (χ0) is 14.6. The third-order valence-corrected chi connectivity index (χ3v) is 3.56. The molecule has 0 aliphatic heterocycles. The molecule has 1 rings (SSSR count). The molecule has 7 heteroatoms. The third-order valence-electron chi connectivity index (χ3n) is 2.26. The molecule has 0 aliphatic carbocycles. The molecule has 0 unspecified atom stereocenters. The number of esters is 1. The Morgan fingerprint density at radius 2 is 2.00 bits per heavy atom. The summed E-state index contributed by atoms with van der Waals surface area (Å²) in [4.78, 5) is 10.7. The van der Waals surface area contributed by atoms with Crippen LogP contribution in [-0.4, -0.2) is 18.8 Å². The lowest BCUT2D eigenvalue weighted by Crippen LogP contribution is -2.12. The van der Waals surface area contributed by atoms with E-state index in [2.05, 4.69) is 4.74 Å². The average Bonchev–Trinajstić information content (AvgIpc) is 2.34. The molecular formula is C12H12F4O2S. The van der Waals surface area contributed by atoms with E-state index in [1.807, 2.05) is 0 Å². The van der Waals surface area contributed by atoms with Gasteiger partial charge in [-0.3, -0.25) is 0 Å². The summed E-state index contributed by atoms with van der Waals surface area (Å²) in [5, 5.41) is 0. The van der Waals surface area contributed by atoms with Gasteiger partial charge in [0.05, 0.1) is 23.1 Å². The van der Waals surface area contributed by atoms with Gasteiger partial charge in [0, 0.05) is 0 Å². The first-order valence-electron chi connectivity index (χ1n) is 5.43. The van der Waals surface area contributed by atoms with Crippen molar-refractivity contribution in [3.63, 3.8) is 0 Å². The van der Waals surface area contributed by atoms with E-state index in [0.717, 1.165) is 24.9 Å². The highest BCUT2D eigenvalue weighted by molar-refractivity contribution is 7.99. The van der Waals surface area contributed by atoms with Gasteiger partial charge in [-0.1, -0.05) is 6.92 Å². The van der Waals surface area contributed by atoms with E-state index in [4.69, 9.17) is 0 Å². The van der Waals surface area contributed by atoms with Crippen LogP contribution in [0.15, 0.2) is 17.0 Å². The molecular weight excluding hydrogens is 284 g/mol. The van der Waals surface area contributed by atoms with Crippen LogP contribution in [0.4, 0.5) is 17.6 Å². The van der Waals surface area contributed by atoms with Crippen molar-refractivity contribution in [1.29, 1.82) is 0 Å². The van der Waals surface area contributed by atoms with Gasteiger partial charge in [0.1, 0.15) is 0 Å². The number of benzene rings is 1. The van der Waals surface area contributed by atoms with Gasteiger partial charge in [-0.05, 0) is 24.3 Å². The van der Waals surface area contributed by atoms with Crippen LogP contribution in [0.2, 0.25) is 0 Å². The van der Waals surface area contributed by atoms with Crippen LogP contribution in [0.1, 0.15) is 29.3 Å². The maximum atomic E-state index is 14.0. The molecule has 0 bridgehead atoms. The van der Waals surface area contributed by atoms with Crippen LogP contribution < -0.4 is 0 Å².